The molecule has 0 bridgehead atoms. The minimum atomic E-state index is -0.670. The molecule has 1 aromatic carbocycles. The summed E-state index contributed by atoms with van der Waals surface area (Å²) in [5.74, 6) is -0.157. The van der Waals surface area contributed by atoms with Gasteiger partial charge in [-0.15, -0.1) is 0 Å². The third kappa shape index (κ3) is 4.13. The Bertz CT molecular complexity index is 514. The van der Waals surface area contributed by atoms with Crippen LogP contribution in [0.5, 0.6) is 0 Å². The van der Waals surface area contributed by atoms with Crippen LogP contribution in [0.2, 0.25) is 0 Å². The van der Waals surface area contributed by atoms with Gasteiger partial charge in [0, 0.05) is 25.8 Å². The number of hydrogen-bond acceptors (Lipinski definition) is 5. The number of hydrogen-bond donors (Lipinski definition) is 0. The summed E-state index contributed by atoms with van der Waals surface area (Å²) >= 11 is 0. The van der Waals surface area contributed by atoms with Crippen LogP contribution < -0.4 is 4.90 Å². The molecule has 0 spiro atoms. The minimum absolute atomic E-state index is 0.00514. The van der Waals surface area contributed by atoms with Crippen molar-refractivity contribution in [3.8, 4) is 0 Å². The van der Waals surface area contributed by atoms with Gasteiger partial charge >= 0.3 is 0 Å². The van der Waals surface area contributed by atoms with Crippen molar-refractivity contribution in [2.75, 3.05) is 32.0 Å². The molecule has 1 unspecified atom stereocenters. The van der Waals surface area contributed by atoms with E-state index in [0.29, 0.717) is 18.9 Å². The van der Waals surface area contributed by atoms with Gasteiger partial charge in [0.2, 0.25) is 0 Å². The van der Waals surface area contributed by atoms with E-state index in [1.807, 2.05) is 31.2 Å². The van der Waals surface area contributed by atoms with Crippen LogP contribution in [0.25, 0.3) is 0 Å². The van der Waals surface area contributed by atoms with Gasteiger partial charge in [-0.1, -0.05) is 12.1 Å². The maximum Gasteiger partial charge on any atom is 0.256 e. The average molecular weight is 307 g/mol. The van der Waals surface area contributed by atoms with Crippen molar-refractivity contribution in [2.45, 2.75) is 26.1 Å². The van der Waals surface area contributed by atoms with Crippen molar-refractivity contribution in [3.05, 3.63) is 29.8 Å². The van der Waals surface area contributed by atoms with Crippen molar-refractivity contribution in [2.24, 2.45) is 0 Å². The molecule has 6 heteroatoms. The number of amides is 1. The van der Waals surface area contributed by atoms with Crippen LogP contribution >= 0.6 is 0 Å². The highest BCUT2D eigenvalue weighted by Gasteiger charge is 2.34. The number of rotatable bonds is 7. The second kappa shape index (κ2) is 8.03. The zero-order chi connectivity index (χ0) is 15.9. The van der Waals surface area contributed by atoms with Gasteiger partial charge in [-0.3, -0.25) is 9.59 Å². The lowest BCUT2D eigenvalue weighted by Gasteiger charge is -2.31. The lowest BCUT2D eigenvalue weighted by atomic mass is 10.0. The van der Waals surface area contributed by atoms with E-state index >= 15 is 0 Å². The SMILES string of the molecule is CCOC1CC(=O)CN(c2ccc(COCOC)cc2)C1=O. The van der Waals surface area contributed by atoms with E-state index in [1.54, 1.807) is 7.11 Å². The highest BCUT2D eigenvalue weighted by Crippen LogP contribution is 2.22. The van der Waals surface area contributed by atoms with E-state index in [-0.39, 0.29) is 31.4 Å². The molecule has 1 heterocycles. The molecule has 1 aliphatic heterocycles. The fourth-order valence-corrected chi connectivity index (χ4v) is 2.35. The van der Waals surface area contributed by atoms with Gasteiger partial charge in [0.1, 0.15) is 12.9 Å². The summed E-state index contributed by atoms with van der Waals surface area (Å²) in [4.78, 5) is 25.7. The summed E-state index contributed by atoms with van der Waals surface area (Å²) in [6, 6.07) is 7.36. The smallest absolute Gasteiger partial charge is 0.256 e. The molecule has 120 valence electrons. The molecule has 0 N–H and O–H groups in total. The highest BCUT2D eigenvalue weighted by molar-refractivity contribution is 6.07. The number of ether oxygens (including phenoxy) is 3. The number of Topliss-reactive ketones (excluding diaryl/α,β-unsaturated/α-hetero) is 1. The first kappa shape index (κ1) is 16.6. The Morgan fingerprint density at radius 2 is 1.95 bits per heavy atom. The standard InChI is InChI=1S/C16H21NO5/c1-3-22-15-8-14(18)9-17(16(15)19)13-6-4-12(5-7-13)10-21-11-20-2/h4-7,15H,3,8-11H2,1-2H3. The van der Waals surface area contributed by atoms with Crippen LogP contribution in [-0.2, 0) is 30.4 Å². The number of methoxy groups -OCH3 is 1. The first-order chi connectivity index (χ1) is 10.7. The molecule has 0 aromatic heterocycles. The minimum Gasteiger partial charge on any atom is -0.368 e. The fraction of sp³-hybridized carbons (Fsp3) is 0.500. The van der Waals surface area contributed by atoms with Crippen molar-refractivity contribution in [1.82, 2.24) is 0 Å². The second-order valence-electron chi connectivity index (χ2n) is 5.03. The first-order valence-electron chi connectivity index (χ1n) is 7.26. The second-order valence-corrected chi connectivity index (χ2v) is 5.03. The monoisotopic (exact) mass is 307 g/mol. The van der Waals surface area contributed by atoms with E-state index in [9.17, 15) is 9.59 Å². The number of anilines is 1. The van der Waals surface area contributed by atoms with Crippen molar-refractivity contribution in [1.29, 1.82) is 0 Å². The lowest BCUT2D eigenvalue weighted by molar-refractivity contribution is -0.138. The number of ketones is 1. The first-order valence-corrected chi connectivity index (χ1v) is 7.26. The zero-order valence-electron chi connectivity index (χ0n) is 12.9. The quantitative estimate of drug-likeness (QED) is 0.564. The molecule has 1 saturated heterocycles. The van der Waals surface area contributed by atoms with E-state index in [0.717, 1.165) is 5.56 Å². The van der Waals surface area contributed by atoms with Crippen molar-refractivity contribution < 1.29 is 23.8 Å². The maximum atomic E-state index is 12.4. The molecule has 22 heavy (non-hydrogen) atoms. The zero-order valence-corrected chi connectivity index (χ0v) is 12.9. The van der Waals surface area contributed by atoms with E-state index < -0.39 is 6.10 Å². The molecule has 1 fully saturated rings. The van der Waals surface area contributed by atoms with Gasteiger partial charge in [-0.05, 0) is 24.6 Å². The summed E-state index contributed by atoms with van der Waals surface area (Å²) in [6.07, 6.45) is -0.512. The molecule has 0 saturated carbocycles. The summed E-state index contributed by atoms with van der Waals surface area (Å²) in [5.41, 5.74) is 1.66. The molecule has 6 nitrogen and oxygen atoms in total. The number of benzene rings is 1. The van der Waals surface area contributed by atoms with Gasteiger partial charge in [0.05, 0.1) is 13.2 Å². The molecular weight excluding hydrogens is 286 g/mol. The normalized spacial score (nSPS) is 18.8. The van der Waals surface area contributed by atoms with E-state index in [1.165, 1.54) is 4.90 Å². The Morgan fingerprint density at radius 3 is 2.59 bits per heavy atom. The van der Waals surface area contributed by atoms with Gasteiger partial charge in [0.25, 0.3) is 5.91 Å². The molecule has 1 atom stereocenters. The van der Waals surface area contributed by atoms with Crippen molar-refractivity contribution >= 4 is 17.4 Å². The Labute approximate surface area is 129 Å². The van der Waals surface area contributed by atoms with Crippen LogP contribution in [0, 0.1) is 0 Å². The number of piperidine rings is 1. The fourth-order valence-electron chi connectivity index (χ4n) is 2.35. The molecule has 1 aliphatic rings. The molecule has 1 aromatic rings. The third-order valence-corrected chi connectivity index (χ3v) is 3.37. The van der Waals surface area contributed by atoms with Gasteiger partial charge in [-0.2, -0.15) is 0 Å². The van der Waals surface area contributed by atoms with Gasteiger partial charge in [-0.25, -0.2) is 0 Å². The number of carbonyl (C=O) groups is 2. The summed E-state index contributed by atoms with van der Waals surface area (Å²) in [5, 5.41) is 0. The Hall–Kier alpha value is -1.76. The predicted octanol–water partition coefficient (Wildman–Crippen LogP) is 1.52. The topological polar surface area (TPSA) is 65.1 Å². The van der Waals surface area contributed by atoms with Crippen LogP contribution in [0.3, 0.4) is 0 Å². The molecule has 1 amide bonds. The van der Waals surface area contributed by atoms with Crippen molar-refractivity contribution in [3.63, 3.8) is 0 Å². The van der Waals surface area contributed by atoms with Crippen LogP contribution in [0.1, 0.15) is 18.9 Å². The summed E-state index contributed by atoms with van der Waals surface area (Å²) in [7, 11) is 1.57. The summed E-state index contributed by atoms with van der Waals surface area (Å²) in [6.45, 7) is 2.99. The largest absolute Gasteiger partial charge is 0.368 e. The van der Waals surface area contributed by atoms with E-state index in [4.69, 9.17) is 14.2 Å². The Kier molecular flexibility index (Phi) is 6.06. The van der Waals surface area contributed by atoms with Gasteiger partial charge < -0.3 is 19.1 Å². The Balaban J connectivity index is 2.06. The Morgan fingerprint density at radius 1 is 1.23 bits per heavy atom. The number of carbonyl (C=O) groups excluding carboxylic acids is 2. The van der Waals surface area contributed by atoms with E-state index in [2.05, 4.69) is 0 Å². The lowest BCUT2D eigenvalue weighted by Crippen LogP contribution is -2.49. The van der Waals surface area contributed by atoms with Gasteiger partial charge in [0.15, 0.2) is 5.78 Å². The molecule has 0 aliphatic carbocycles. The highest BCUT2D eigenvalue weighted by atomic mass is 16.7. The van der Waals surface area contributed by atoms with Crippen LogP contribution in [0.15, 0.2) is 24.3 Å². The maximum absolute atomic E-state index is 12.4. The average Bonchev–Trinajstić information content (AvgIpc) is 2.52. The molecule has 0 radical (unpaired) electrons. The third-order valence-electron chi connectivity index (χ3n) is 3.37. The van der Waals surface area contributed by atoms with Crippen LogP contribution in [0.4, 0.5) is 5.69 Å². The van der Waals surface area contributed by atoms with Crippen LogP contribution in [-0.4, -0.2) is 44.8 Å². The molecule has 2 rings (SSSR count). The number of nitrogens with zero attached hydrogens (tertiary/aromatic N) is 1. The molecular formula is C16H21NO5. The summed E-state index contributed by atoms with van der Waals surface area (Å²) < 4.78 is 15.4. The predicted molar refractivity (Wildman–Crippen MR) is 80.5 cm³/mol.